The van der Waals surface area contributed by atoms with Gasteiger partial charge < -0.3 is 19.7 Å². The van der Waals surface area contributed by atoms with Gasteiger partial charge in [-0.2, -0.15) is 0 Å². The number of morpholine rings is 1. The van der Waals surface area contributed by atoms with Crippen LogP contribution in [0.2, 0.25) is 0 Å². The molecule has 0 bridgehead atoms. The van der Waals surface area contributed by atoms with Crippen molar-refractivity contribution in [2.45, 2.75) is 45.3 Å². The molecule has 2 saturated heterocycles. The van der Waals surface area contributed by atoms with E-state index in [1.54, 1.807) is 0 Å². The van der Waals surface area contributed by atoms with E-state index in [1.807, 2.05) is 4.90 Å². The van der Waals surface area contributed by atoms with E-state index < -0.39 is 0 Å². The van der Waals surface area contributed by atoms with Crippen molar-refractivity contribution in [1.29, 1.82) is 0 Å². The molecule has 0 aromatic rings. The van der Waals surface area contributed by atoms with Crippen LogP contribution in [0.15, 0.2) is 0 Å². The zero-order chi connectivity index (χ0) is 13.7. The van der Waals surface area contributed by atoms with Crippen LogP contribution in [0.3, 0.4) is 0 Å². The number of amides is 2. The summed E-state index contributed by atoms with van der Waals surface area (Å²) in [5.41, 5.74) is 0. The van der Waals surface area contributed by atoms with E-state index in [2.05, 4.69) is 19.2 Å². The molecule has 0 radical (unpaired) electrons. The molecule has 110 valence electrons. The number of ether oxygens (including phenoxy) is 2. The monoisotopic (exact) mass is 270 g/mol. The number of nitrogens with one attached hydrogen (secondary N) is 1. The Bertz CT molecular complexity index is 298. The molecule has 19 heavy (non-hydrogen) atoms. The Balaban J connectivity index is 1.71. The molecule has 2 aliphatic rings. The summed E-state index contributed by atoms with van der Waals surface area (Å²) in [6, 6.07) is 0.0564. The second-order valence-corrected chi connectivity index (χ2v) is 5.60. The first-order chi connectivity index (χ1) is 9.19. The molecule has 0 aromatic heterocycles. The second-order valence-electron chi connectivity index (χ2n) is 5.60. The Kier molecular flexibility index (Phi) is 5.45. The average molecular weight is 270 g/mol. The van der Waals surface area contributed by atoms with Gasteiger partial charge >= 0.3 is 6.03 Å². The van der Waals surface area contributed by atoms with E-state index in [0.29, 0.717) is 31.7 Å². The van der Waals surface area contributed by atoms with E-state index in [0.717, 1.165) is 32.4 Å². The Morgan fingerprint density at radius 1 is 1.37 bits per heavy atom. The zero-order valence-corrected chi connectivity index (χ0v) is 12.1. The highest BCUT2D eigenvalue weighted by Crippen LogP contribution is 2.19. The standard InChI is InChI=1S/C14H26N2O3/c1-3-13-10-16(5-7-19-13)14(17)15-9-12-4-6-18-11(2)8-12/h11-13H,3-10H2,1-2H3,(H,15,17). The smallest absolute Gasteiger partial charge is 0.317 e. The average Bonchev–Trinajstić information content (AvgIpc) is 2.45. The lowest BCUT2D eigenvalue weighted by molar-refractivity contribution is -0.0165. The number of hydrogen-bond acceptors (Lipinski definition) is 3. The van der Waals surface area contributed by atoms with Gasteiger partial charge in [-0.1, -0.05) is 6.92 Å². The summed E-state index contributed by atoms with van der Waals surface area (Å²) in [6.45, 7) is 7.84. The molecule has 2 fully saturated rings. The normalized spacial score (nSPS) is 32.1. The molecule has 2 heterocycles. The van der Waals surface area contributed by atoms with Crippen LogP contribution < -0.4 is 5.32 Å². The zero-order valence-electron chi connectivity index (χ0n) is 12.1. The quantitative estimate of drug-likeness (QED) is 0.848. The van der Waals surface area contributed by atoms with Crippen LogP contribution in [0, 0.1) is 5.92 Å². The molecule has 1 N–H and O–H groups in total. The molecule has 2 rings (SSSR count). The number of hydrogen-bond donors (Lipinski definition) is 1. The third kappa shape index (κ3) is 4.35. The first-order valence-electron chi connectivity index (χ1n) is 7.45. The molecule has 3 atom stereocenters. The van der Waals surface area contributed by atoms with Crippen LogP contribution in [0.1, 0.15) is 33.1 Å². The van der Waals surface area contributed by atoms with E-state index in [4.69, 9.17) is 9.47 Å². The summed E-state index contributed by atoms with van der Waals surface area (Å²) in [4.78, 5) is 14.0. The molecule has 0 aliphatic carbocycles. The van der Waals surface area contributed by atoms with Gasteiger partial charge in [-0.3, -0.25) is 0 Å². The van der Waals surface area contributed by atoms with Crippen LogP contribution in [0.25, 0.3) is 0 Å². The summed E-state index contributed by atoms with van der Waals surface area (Å²) >= 11 is 0. The molecule has 5 heteroatoms. The number of carbonyl (C=O) groups is 1. The van der Waals surface area contributed by atoms with Gasteiger partial charge in [-0.05, 0) is 32.1 Å². The van der Waals surface area contributed by atoms with Gasteiger partial charge in [-0.25, -0.2) is 4.79 Å². The molecule has 2 aliphatic heterocycles. The Morgan fingerprint density at radius 2 is 2.21 bits per heavy atom. The fourth-order valence-electron chi connectivity index (χ4n) is 2.77. The van der Waals surface area contributed by atoms with Crippen molar-refractivity contribution in [2.75, 3.05) is 32.8 Å². The van der Waals surface area contributed by atoms with Gasteiger partial charge in [0, 0.05) is 26.2 Å². The van der Waals surface area contributed by atoms with E-state index in [-0.39, 0.29) is 12.1 Å². The third-order valence-corrected chi connectivity index (χ3v) is 4.02. The Hall–Kier alpha value is -0.810. The van der Waals surface area contributed by atoms with Gasteiger partial charge in [-0.15, -0.1) is 0 Å². The SMILES string of the molecule is CCC1CN(C(=O)NCC2CCOC(C)C2)CCO1. The van der Waals surface area contributed by atoms with Crippen LogP contribution >= 0.6 is 0 Å². The molecule has 5 nitrogen and oxygen atoms in total. The first kappa shape index (κ1) is 14.6. The Morgan fingerprint density at radius 3 is 2.95 bits per heavy atom. The van der Waals surface area contributed by atoms with E-state index >= 15 is 0 Å². The summed E-state index contributed by atoms with van der Waals surface area (Å²) in [5.74, 6) is 0.552. The number of urea groups is 1. The minimum atomic E-state index is 0.0564. The predicted octanol–water partition coefficient (Wildman–Crippen LogP) is 1.62. The lowest BCUT2D eigenvalue weighted by Crippen LogP contribution is -2.50. The molecule has 0 aromatic carbocycles. The minimum absolute atomic E-state index is 0.0564. The number of nitrogens with zero attached hydrogens (tertiary/aromatic N) is 1. The summed E-state index contributed by atoms with van der Waals surface area (Å²) < 4.78 is 11.1. The van der Waals surface area contributed by atoms with Gasteiger partial charge in [0.25, 0.3) is 0 Å². The molecular weight excluding hydrogens is 244 g/mol. The highest BCUT2D eigenvalue weighted by atomic mass is 16.5. The van der Waals surface area contributed by atoms with Crippen molar-refractivity contribution in [3.05, 3.63) is 0 Å². The Labute approximate surface area is 115 Å². The molecule has 0 spiro atoms. The fraction of sp³-hybridized carbons (Fsp3) is 0.929. The van der Waals surface area contributed by atoms with Crippen molar-refractivity contribution in [1.82, 2.24) is 10.2 Å². The largest absolute Gasteiger partial charge is 0.378 e. The van der Waals surface area contributed by atoms with Crippen LogP contribution in [-0.4, -0.2) is 56.0 Å². The highest BCUT2D eigenvalue weighted by Gasteiger charge is 2.24. The lowest BCUT2D eigenvalue weighted by atomic mass is 9.96. The molecule has 3 unspecified atom stereocenters. The van der Waals surface area contributed by atoms with Crippen LogP contribution in [-0.2, 0) is 9.47 Å². The third-order valence-electron chi connectivity index (χ3n) is 4.02. The van der Waals surface area contributed by atoms with Crippen molar-refractivity contribution in [3.63, 3.8) is 0 Å². The maximum atomic E-state index is 12.1. The van der Waals surface area contributed by atoms with Gasteiger partial charge in [0.1, 0.15) is 0 Å². The van der Waals surface area contributed by atoms with Crippen molar-refractivity contribution in [2.24, 2.45) is 5.92 Å². The molecule has 0 saturated carbocycles. The number of rotatable bonds is 3. The van der Waals surface area contributed by atoms with Crippen LogP contribution in [0.5, 0.6) is 0 Å². The van der Waals surface area contributed by atoms with E-state index in [1.165, 1.54) is 0 Å². The van der Waals surface area contributed by atoms with Gasteiger partial charge in [0.05, 0.1) is 18.8 Å². The summed E-state index contributed by atoms with van der Waals surface area (Å²) in [7, 11) is 0. The fourth-order valence-corrected chi connectivity index (χ4v) is 2.77. The maximum Gasteiger partial charge on any atom is 0.317 e. The number of carbonyl (C=O) groups excluding carboxylic acids is 1. The molecular formula is C14H26N2O3. The molecule has 2 amide bonds. The van der Waals surface area contributed by atoms with Crippen LogP contribution in [0.4, 0.5) is 4.79 Å². The van der Waals surface area contributed by atoms with Gasteiger partial charge in [0.2, 0.25) is 0 Å². The predicted molar refractivity (Wildman–Crippen MR) is 73.1 cm³/mol. The van der Waals surface area contributed by atoms with Gasteiger partial charge in [0.15, 0.2) is 0 Å². The maximum absolute atomic E-state index is 12.1. The van der Waals surface area contributed by atoms with Crippen molar-refractivity contribution >= 4 is 6.03 Å². The lowest BCUT2D eigenvalue weighted by Gasteiger charge is -2.33. The summed E-state index contributed by atoms with van der Waals surface area (Å²) in [6.07, 6.45) is 3.57. The summed E-state index contributed by atoms with van der Waals surface area (Å²) in [5, 5.41) is 3.06. The second kappa shape index (κ2) is 7.10. The van der Waals surface area contributed by atoms with Crippen molar-refractivity contribution in [3.8, 4) is 0 Å². The first-order valence-corrected chi connectivity index (χ1v) is 7.45. The highest BCUT2D eigenvalue weighted by molar-refractivity contribution is 5.74. The topological polar surface area (TPSA) is 50.8 Å². The van der Waals surface area contributed by atoms with Crippen molar-refractivity contribution < 1.29 is 14.3 Å². The van der Waals surface area contributed by atoms with E-state index in [9.17, 15) is 4.79 Å². The minimum Gasteiger partial charge on any atom is -0.378 e.